The van der Waals surface area contributed by atoms with Crippen LogP contribution in [0.3, 0.4) is 0 Å². The van der Waals surface area contributed by atoms with Crippen molar-refractivity contribution in [3.8, 4) is 0 Å². The number of hydrogen-bond donors (Lipinski definition) is 7. The summed E-state index contributed by atoms with van der Waals surface area (Å²) >= 11 is 0. The van der Waals surface area contributed by atoms with Gasteiger partial charge in [-0.3, -0.25) is 0 Å². The highest BCUT2D eigenvalue weighted by Crippen LogP contribution is 2.33. The van der Waals surface area contributed by atoms with Crippen LogP contribution in [0.4, 0.5) is 9.59 Å². The van der Waals surface area contributed by atoms with Crippen LogP contribution in [0.1, 0.15) is 527 Å². The van der Waals surface area contributed by atoms with E-state index in [0.29, 0.717) is 30.1 Å². The Balaban J connectivity index is -0.0000000546. The van der Waals surface area contributed by atoms with E-state index < -0.39 is 0 Å². The Hall–Kier alpha value is -4.20. The van der Waals surface area contributed by atoms with Crippen LogP contribution >= 0.6 is 0 Å². The summed E-state index contributed by atoms with van der Waals surface area (Å²) in [5, 5.41) is 27.0. The lowest BCUT2D eigenvalue weighted by molar-refractivity contribution is 0.115. The van der Waals surface area contributed by atoms with Gasteiger partial charge in [-0.25, -0.2) is 9.59 Å². The molecule has 2 amide bonds. The van der Waals surface area contributed by atoms with Gasteiger partial charge in [-0.2, -0.15) is 0 Å². The second kappa shape index (κ2) is 193. The summed E-state index contributed by atoms with van der Waals surface area (Å²) in [5.41, 5.74) is 5.43. The molecule has 0 saturated carbocycles. The summed E-state index contributed by atoms with van der Waals surface area (Å²) in [6, 6.07) is 31.2. The average Bonchev–Trinajstić information content (AvgIpc) is 0.910. The number of aryl methyl sites for hydroxylation is 3. The number of ether oxygens (including phenoxy) is 5. The predicted octanol–water partition coefficient (Wildman–Crippen LogP) is 38.8. The molecule has 2 atom stereocenters. The molecule has 0 heterocycles. The summed E-state index contributed by atoms with van der Waals surface area (Å²) in [7, 11) is 18.9. The molecular weight excluding hydrogens is 1780 g/mol. The van der Waals surface area contributed by atoms with Crippen molar-refractivity contribution in [2.75, 3.05) is 156 Å². The normalized spacial score (nSPS) is 9.65. The third-order valence-corrected chi connectivity index (χ3v) is 22.3. The van der Waals surface area contributed by atoms with Gasteiger partial charge >= 0.3 is 12.2 Å². The maximum absolute atomic E-state index is 10.7. The number of nitrogens with one attached hydrogen (secondary N) is 6. The number of alkyl carbamates (subject to hydrolysis) is 2. The number of aliphatic hydroxyl groups is 1. The van der Waals surface area contributed by atoms with Crippen molar-refractivity contribution < 1.29 is 38.4 Å². The fourth-order valence-corrected chi connectivity index (χ4v) is 10.0. The number of rotatable bonds is 51. The van der Waals surface area contributed by atoms with Gasteiger partial charge in [-0.05, 0) is 238 Å². The van der Waals surface area contributed by atoms with Gasteiger partial charge in [0.05, 0.1) is 25.9 Å². The third-order valence-electron chi connectivity index (χ3n) is 22.3. The molecule has 0 aliphatic heterocycles. The maximum atomic E-state index is 10.7. The summed E-state index contributed by atoms with van der Waals surface area (Å²) in [5.74, 6) is 1.92. The Morgan fingerprint density at radius 3 is 0.840 bits per heavy atom. The van der Waals surface area contributed by atoms with E-state index in [-0.39, 0.29) is 48.0 Å². The minimum atomic E-state index is -0.344. The highest BCUT2D eigenvalue weighted by molar-refractivity contribution is 5.67. The minimum Gasteiger partial charge on any atom is -0.453 e. The molecule has 0 spiro atoms. The molecule has 0 bridgehead atoms. The number of methoxy groups -OCH3 is 4. The van der Waals surface area contributed by atoms with Crippen LogP contribution < -0.4 is 31.9 Å². The van der Waals surface area contributed by atoms with E-state index >= 15 is 0 Å². The van der Waals surface area contributed by atoms with Gasteiger partial charge in [0, 0.05) is 54.2 Å². The molecule has 0 saturated heterocycles. The van der Waals surface area contributed by atoms with Gasteiger partial charge in [0.2, 0.25) is 0 Å². The van der Waals surface area contributed by atoms with Crippen molar-refractivity contribution in [1.29, 1.82) is 0 Å². The molecule has 0 aromatic heterocycles. The van der Waals surface area contributed by atoms with Crippen LogP contribution in [0.2, 0.25) is 0 Å². The first kappa shape index (κ1) is 194. The second-order valence-corrected chi connectivity index (χ2v) is 35.4. The van der Waals surface area contributed by atoms with Crippen LogP contribution in [-0.2, 0) is 36.5 Å². The topological polar surface area (TPSA) is 179 Å². The summed E-state index contributed by atoms with van der Waals surface area (Å²) in [4.78, 5) is 25.5. The van der Waals surface area contributed by atoms with Crippen LogP contribution in [0.15, 0.2) is 91.0 Å². The largest absolute Gasteiger partial charge is 0.453 e. The van der Waals surface area contributed by atoms with Crippen molar-refractivity contribution in [3.63, 3.8) is 0 Å². The van der Waals surface area contributed by atoms with Crippen LogP contribution in [0.25, 0.3) is 0 Å². The number of aliphatic hydroxyl groups excluding tert-OH is 1. The zero-order chi connectivity index (χ0) is 112. The van der Waals surface area contributed by atoms with Gasteiger partial charge in [0.25, 0.3) is 0 Å². The van der Waals surface area contributed by atoms with E-state index in [2.05, 4.69) is 357 Å². The van der Waals surface area contributed by atoms with E-state index in [0.717, 1.165) is 122 Å². The van der Waals surface area contributed by atoms with Gasteiger partial charge in [0.15, 0.2) is 0 Å². The number of carbonyl (C=O) groups is 2. The molecule has 16 nitrogen and oxygen atoms in total. The number of unbranched alkanes of at least 4 members (excludes halogenated alkanes) is 8. The van der Waals surface area contributed by atoms with Gasteiger partial charge in [-0.1, -0.05) is 510 Å². The van der Waals surface area contributed by atoms with E-state index in [1.54, 1.807) is 21.3 Å². The van der Waals surface area contributed by atoms with Crippen LogP contribution in [0, 0.1) is 29.6 Å². The zero-order valence-corrected chi connectivity index (χ0v) is 105. The number of hydrogen-bond acceptors (Lipinski definition) is 14. The molecule has 0 fully saturated rings. The molecule has 3 aromatic rings. The van der Waals surface area contributed by atoms with E-state index in [1.165, 1.54) is 223 Å². The molecule has 144 heavy (non-hydrogen) atoms. The first-order chi connectivity index (χ1) is 67.1. The zero-order valence-electron chi connectivity index (χ0n) is 105. The summed E-state index contributed by atoms with van der Waals surface area (Å²) in [6.45, 7) is 95.1. The molecule has 16 heteroatoms. The Morgan fingerprint density at radius 2 is 0.688 bits per heavy atom. The number of benzene rings is 3. The van der Waals surface area contributed by atoms with Gasteiger partial charge in [0.1, 0.15) is 0 Å². The van der Waals surface area contributed by atoms with Crippen molar-refractivity contribution in [2.45, 2.75) is 543 Å². The molecule has 0 radical (unpaired) electrons. The number of nitrogens with zero attached hydrogens (tertiary/aromatic N) is 2. The van der Waals surface area contributed by atoms with Crippen molar-refractivity contribution in [3.05, 3.63) is 108 Å². The molecular formula is C128H286N8O8. The minimum absolute atomic E-state index is 0. The third kappa shape index (κ3) is 230. The average molecular weight is 2070 g/mol. The quantitative estimate of drug-likeness (QED) is 0.0266. The molecule has 2 unspecified atom stereocenters. The van der Waals surface area contributed by atoms with E-state index in [1.807, 2.05) is 86.0 Å². The maximum Gasteiger partial charge on any atom is 0.407 e. The second-order valence-electron chi connectivity index (χ2n) is 35.4. The fraction of sp³-hybridized carbons (Fsp3) is 0.844. The molecule has 7 N–H and O–H groups in total. The number of amides is 2. The Morgan fingerprint density at radius 1 is 0.361 bits per heavy atom. The smallest absolute Gasteiger partial charge is 0.407 e. The SMILES string of the molecule is C.C.C.C.CC.CC.CCC.CCC(C)(CC)CC.CCC(C)CC.CCC(C)OC.CCC(CC)(CC)CC.CCC(CC)CC.CCCCN(C)C.CCCCNC.CCCCNC(=O)OC.CCCCNC(=O)OCCC.CCCCNCC(O)CC.CCCCNCCCC.CCCCOC.CCCN(C)C.CCCNC.CCCOC.CCc1ccccc1.CCc1ccccc1.Cc1ccccc1. The Labute approximate surface area is 915 Å². The monoisotopic (exact) mass is 2060 g/mol. The first-order valence-corrected chi connectivity index (χ1v) is 58.1. The molecule has 0 aliphatic carbocycles. The van der Waals surface area contributed by atoms with E-state index in [9.17, 15) is 9.59 Å². The van der Waals surface area contributed by atoms with Gasteiger partial charge < -0.3 is 70.5 Å². The van der Waals surface area contributed by atoms with Crippen LogP contribution in [0.5, 0.6) is 0 Å². The fourth-order valence-electron chi connectivity index (χ4n) is 10.0. The standard InChI is InChI=1S/C9H20.C8H17NO2.C8H19NO.C8H19N.2C8H10.C8H18.C7H8.C7H16.C6H13NO2.C6H15N.C6H14.2C5H13N.2C5H12O.C4H11N.C4H10O.C3H8.2C2H6.4CH4/c1-5-9(6-2,7-3)8-4;1-3-5-6-9-8(10)11-7-4-2;1-3-5-6-9-7-8(10)4-2;1-3-5-7-9-8-6-4-2;2*1-2-8-6-4-3-5-7-8;1-5-8(4,6-2)7-3;1-7-5-3-2-4-6-7;1-4-7(5-2)6-3;1-3-4-5-7-6(8)9-2;1-4-5-6-7(2)3;1-4-6(3)5-2;1-4-5-6(2)3;1-3-4-5-6-2;1-4-5(2)6-3;1-3-4-5-6-2;2*1-3-4-5-2;1-3-2;2*1-2;;;;/h5-8H2,1-4H3;3-7H2,1-2H3,(H,9,10);8-10H,3-7H2,1-2H3;9H,3-8H2,1-2H3;2*3-7H,2H2,1H3;5-7H2,1-4H3;2-6H,1H3;7H,4-6H2,1-3H3;3-5H2,1-2H3,(H,7,8);4-6H2,1-3H3;6H,4-5H2,1-3H3;4-5H2,1-3H3;6H,3-5H2,1-2H3;5H,4H2,1-3H3;3-5H2,1-2H3;5H,3-4H2,1-2H3;3-4H2,1-2H3;3H2,1-2H3;2*1-2H3;4*1H4. The lowest BCUT2D eigenvalue weighted by Crippen LogP contribution is -2.26. The predicted molar refractivity (Wildman–Crippen MR) is 673 cm³/mol. The van der Waals surface area contributed by atoms with Crippen molar-refractivity contribution in [2.24, 2.45) is 22.7 Å². The Bertz CT molecular complexity index is 2180. The molecule has 3 rings (SSSR count). The summed E-state index contributed by atoms with van der Waals surface area (Å²) in [6.07, 6.45) is 45.2. The lowest BCUT2D eigenvalue weighted by Gasteiger charge is -2.28. The number of carbonyl (C=O) groups excluding carboxylic acids is 2. The summed E-state index contributed by atoms with van der Waals surface area (Å²) < 4.78 is 23.5. The van der Waals surface area contributed by atoms with Crippen molar-refractivity contribution >= 4 is 12.2 Å². The van der Waals surface area contributed by atoms with Crippen LogP contribution in [-0.4, -0.2) is 195 Å². The molecule has 0 aliphatic rings. The highest BCUT2D eigenvalue weighted by Gasteiger charge is 2.20. The van der Waals surface area contributed by atoms with Crippen molar-refractivity contribution in [1.82, 2.24) is 41.7 Å². The highest BCUT2D eigenvalue weighted by atomic mass is 16.5. The molecule has 886 valence electrons. The molecule has 3 aromatic carbocycles. The van der Waals surface area contributed by atoms with E-state index in [4.69, 9.17) is 24.1 Å². The Kier molecular flexibility index (Phi) is 260. The first-order valence-electron chi connectivity index (χ1n) is 58.1. The lowest BCUT2D eigenvalue weighted by atomic mass is 9.78. The van der Waals surface area contributed by atoms with Gasteiger partial charge in [-0.15, -0.1) is 0 Å².